The fraction of sp³-hybridized carbons (Fsp3) is 0.593. The Kier molecular flexibility index (Phi) is 9.53. The monoisotopic (exact) mass is 409 g/mol. The Labute approximate surface area is 183 Å². The van der Waals surface area contributed by atoms with E-state index in [0.29, 0.717) is 0 Å². The van der Waals surface area contributed by atoms with Gasteiger partial charge in [0.1, 0.15) is 5.75 Å². The molecule has 0 radical (unpaired) electrons. The summed E-state index contributed by atoms with van der Waals surface area (Å²) in [5.74, 6) is 1.77. The van der Waals surface area contributed by atoms with Crippen LogP contribution in [0.1, 0.15) is 89.3 Å². The first-order valence-corrected chi connectivity index (χ1v) is 12.2. The van der Waals surface area contributed by atoms with Crippen molar-refractivity contribution < 1.29 is 9.47 Å². The van der Waals surface area contributed by atoms with Crippen LogP contribution in [0.5, 0.6) is 11.6 Å². The highest BCUT2D eigenvalue weighted by atomic mass is 16.5. The van der Waals surface area contributed by atoms with Crippen LogP contribution < -0.4 is 9.47 Å². The Morgan fingerprint density at radius 2 is 1.37 bits per heavy atom. The summed E-state index contributed by atoms with van der Waals surface area (Å²) in [5, 5.41) is 0. The molecule has 1 aliphatic rings. The number of nitrogens with zero attached hydrogens (tertiary/aromatic N) is 1. The minimum atomic E-state index is 0.760. The van der Waals surface area contributed by atoms with Crippen LogP contribution in [-0.2, 0) is 12.8 Å². The van der Waals surface area contributed by atoms with Gasteiger partial charge in [-0.2, -0.15) is 0 Å². The highest BCUT2D eigenvalue weighted by Crippen LogP contribution is 2.35. The van der Waals surface area contributed by atoms with Crippen molar-refractivity contribution in [1.29, 1.82) is 0 Å². The number of fused-ring (bicyclic) bond motifs is 3. The maximum atomic E-state index is 6.04. The zero-order valence-corrected chi connectivity index (χ0v) is 19.0. The number of unbranched alkanes of at least 4 members (excludes halogenated alkanes) is 8. The van der Waals surface area contributed by atoms with Gasteiger partial charge < -0.3 is 9.47 Å². The predicted octanol–water partition coefficient (Wildman–Crippen LogP) is 7.55. The minimum Gasteiger partial charge on any atom is -0.494 e. The van der Waals surface area contributed by atoms with Crippen LogP contribution in [0, 0.1) is 0 Å². The number of hydrogen-bond donors (Lipinski definition) is 0. The van der Waals surface area contributed by atoms with Crippen LogP contribution >= 0.6 is 0 Å². The van der Waals surface area contributed by atoms with Crippen LogP contribution in [0.15, 0.2) is 30.3 Å². The van der Waals surface area contributed by atoms with Crippen LogP contribution in [0.3, 0.4) is 0 Å². The third-order valence-corrected chi connectivity index (χ3v) is 5.96. The Morgan fingerprint density at radius 1 is 0.700 bits per heavy atom. The normalized spacial score (nSPS) is 12.3. The van der Waals surface area contributed by atoms with Gasteiger partial charge in [0.05, 0.1) is 18.9 Å². The van der Waals surface area contributed by atoms with E-state index in [-0.39, 0.29) is 0 Å². The second kappa shape index (κ2) is 12.6. The summed E-state index contributed by atoms with van der Waals surface area (Å²) in [7, 11) is 0. The molecule has 0 N–H and O–H groups in total. The lowest BCUT2D eigenvalue weighted by molar-refractivity contribution is 0.294. The molecule has 2 aromatic rings. The molecular formula is C27H39NO2. The SMILES string of the molecule is CCCCCCCCCOc1ccc2c(c1)CCc1nc(OCCCCC)ccc1-2. The molecule has 164 valence electrons. The lowest BCUT2D eigenvalue weighted by atomic mass is 9.88. The average Bonchev–Trinajstić information content (AvgIpc) is 2.78. The summed E-state index contributed by atoms with van der Waals surface area (Å²) >= 11 is 0. The van der Waals surface area contributed by atoms with Crippen LogP contribution in [0.4, 0.5) is 0 Å². The maximum Gasteiger partial charge on any atom is 0.213 e. The molecule has 0 spiro atoms. The molecular weight excluding hydrogens is 370 g/mol. The first-order chi connectivity index (χ1) is 14.8. The maximum absolute atomic E-state index is 6.04. The molecule has 0 amide bonds. The molecule has 0 aliphatic heterocycles. The molecule has 1 aromatic carbocycles. The van der Waals surface area contributed by atoms with Crippen molar-refractivity contribution in [3.05, 3.63) is 41.6 Å². The van der Waals surface area contributed by atoms with E-state index in [1.165, 1.54) is 68.1 Å². The zero-order valence-electron chi connectivity index (χ0n) is 19.0. The smallest absolute Gasteiger partial charge is 0.213 e. The van der Waals surface area contributed by atoms with E-state index in [9.17, 15) is 0 Å². The molecule has 0 bridgehead atoms. The van der Waals surface area contributed by atoms with Gasteiger partial charge in [0.15, 0.2) is 0 Å². The van der Waals surface area contributed by atoms with Gasteiger partial charge in [-0.3, -0.25) is 0 Å². The van der Waals surface area contributed by atoms with Gasteiger partial charge in [-0.15, -0.1) is 0 Å². The van der Waals surface area contributed by atoms with Crippen molar-refractivity contribution in [2.75, 3.05) is 13.2 Å². The van der Waals surface area contributed by atoms with Crippen molar-refractivity contribution >= 4 is 0 Å². The van der Waals surface area contributed by atoms with Gasteiger partial charge in [-0.25, -0.2) is 4.98 Å². The Bertz CT molecular complexity index is 771. The van der Waals surface area contributed by atoms with Gasteiger partial charge in [0, 0.05) is 11.6 Å². The largest absolute Gasteiger partial charge is 0.494 e. The fourth-order valence-electron chi connectivity index (χ4n) is 4.16. The summed E-state index contributed by atoms with van der Waals surface area (Å²) in [4.78, 5) is 4.78. The van der Waals surface area contributed by atoms with Gasteiger partial charge in [0.2, 0.25) is 5.88 Å². The topological polar surface area (TPSA) is 31.4 Å². The molecule has 0 atom stereocenters. The molecule has 0 saturated carbocycles. The van der Waals surface area contributed by atoms with Crippen molar-refractivity contribution in [2.45, 2.75) is 90.9 Å². The number of rotatable bonds is 14. The van der Waals surface area contributed by atoms with Crippen molar-refractivity contribution in [2.24, 2.45) is 0 Å². The van der Waals surface area contributed by atoms with E-state index in [0.717, 1.165) is 56.2 Å². The van der Waals surface area contributed by atoms with Crippen molar-refractivity contribution in [3.63, 3.8) is 0 Å². The lowest BCUT2D eigenvalue weighted by Crippen LogP contribution is -2.08. The quantitative estimate of drug-likeness (QED) is 0.302. The highest BCUT2D eigenvalue weighted by molar-refractivity contribution is 5.73. The summed E-state index contributed by atoms with van der Waals surface area (Å²) in [6.45, 7) is 6.06. The number of hydrogen-bond acceptors (Lipinski definition) is 3. The van der Waals surface area contributed by atoms with Gasteiger partial charge in [-0.1, -0.05) is 71.3 Å². The van der Waals surface area contributed by atoms with Crippen LogP contribution in [0.25, 0.3) is 11.1 Å². The van der Waals surface area contributed by atoms with Crippen LogP contribution in [0.2, 0.25) is 0 Å². The number of benzene rings is 1. The minimum absolute atomic E-state index is 0.760. The first kappa shape index (κ1) is 22.7. The average molecular weight is 410 g/mol. The van der Waals surface area contributed by atoms with E-state index < -0.39 is 0 Å². The highest BCUT2D eigenvalue weighted by Gasteiger charge is 2.18. The van der Waals surface area contributed by atoms with E-state index >= 15 is 0 Å². The molecule has 3 rings (SSSR count). The number of ether oxygens (including phenoxy) is 2. The number of aromatic nitrogens is 1. The third-order valence-electron chi connectivity index (χ3n) is 5.96. The Hall–Kier alpha value is -2.03. The molecule has 30 heavy (non-hydrogen) atoms. The lowest BCUT2D eigenvalue weighted by Gasteiger charge is -2.20. The second-order valence-electron chi connectivity index (χ2n) is 8.49. The predicted molar refractivity (Wildman–Crippen MR) is 126 cm³/mol. The Balaban J connectivity index is 1.49. The molecule has 1 aromatic heterocycles. The van der Waals surface area contributed by atoms with Gasteiger partial charge in [0.25, 0.3) is 0 Å². The molecule has 3 heteroatoms. The Morgan fingerprint density at radius 3 is 2.20 bits per heavy atom. The molecule has 3 nitrogen and oxygen atoms in total. The summed E-state index contributed by atoms with van der Waals surface area (Å²) in [5.41, 5.74) is 5.07. The third kappa shape index (κ3) is 6.75. The standard InChI is InChI=1S/C27H39NO2/c1-3-5-7-8-9-10-12-19-29-23-14-15-24-22(21-23)13-17-26-25(24)16-18-27(28-26)30-20-11-6-4-2/h14-16,18,21H,3-13,17,19-20H2,1-2H3. The molecule has 0 unspecified atom stereocenters. The van der Waals surface area contributed by atoms with E-state index in [1.807, 2.05) is 6.07 Å². The van der Waals surface area contributed by atoms with Gasteiger partial charge >= 0.3 is 0 Å². The van der Waals surface area contributed by atoms with Crippen LogP contribution in [-0.4, -0.2) is 18.2 Å². The molecule has 0 saturated heterocycles. The van der Waals surface area contributed by atoms with E-state index in [2.05, 4.69) is 38.1 Å². The molecule has 1 aliphatic carbocycles. The number of pyridine rings is 1. The zero-order chi connectivity index (χ0) is 21.0. The van der Waals surface area contributed by atoms with E-state index in [4.69, 9.17) is 14.5 Å². The summed E-state index contributed by atoms with van der Waals surface area (Å²) < 4.78 is 11.9. The summed E-state index contributed by atoms with van der Waals surface area (Å²) in [6.07, 6.45) is 14.7. The number of aryl methyl sites for hydroxylation is 2. The van der Waals surface area contributed by atoms with Gasteiger partial charge in [-0.05, 0) is 55.0 Å². The molecule has 1 heterocycles. The molecule has 0 fully saturated rings. The van der Waals surface area contributed by atoms with Crippen molar-refractivity contribution in [1.82, 2.24) is 4.98 Å². The fourth-order valence-corrected chi connectivity index (χ4v) is 4.16. The van der Waals surface area contributed by atoms with Crippen molar-refractivity contribution in [3.8, 4) is 22.8 Å². The first-order valence-electron chi connectivity index (χ1n) is 12.2. The second-order valence-corrected chi connectivity index (χ2v) is 8.49. The summed E-state index contributed by atoms with van der Waals surface area (Å²) in [6, 6.07) is 10.7. The van der Waals surface area contributed by atoms with E-state index in [1.54, 1.807) is 0 Å².